The molecule has 0 aliphatic rings. The Morgan fingerprint density at radius 2 is 2.00 bits per heavy atom. The van der Waals surface area contributed by atoms with Crippen LogP contribution in [0, 0.1) is 15.9 Å². The molecular weight excluding hydrogens is 417 g/mol. The fourth-order valence-electron chi connectivity index (χ4n) is 1.92. The molecule has 0 heterocycles. The highest BCUT2D eigenvalue weighted by Gasteiger charge is 2.25. The Morgan fingerprint density at radius 3 is 2.53 bits per heavy atom. The van der Waals surface area contributed by atoms with Crippen LogP contribution >= 0.6 is 38.5 Å². The molecule has 1 amide bonds. The molecule has 0 saturated heterocycles. The van der Waals surface area contributed by atoms with Gasteiger partial charge in [0.05, 0.1) is 5.56 Å². The van der Waals surface area contributed by atoms with Gasteiger partial charge in [-0.15, -0.1) is 0 Å². The molecule has 0 radical (unpaired) electrons. The third-order valence-corrected chi connectivity index (χ3v) is 6.47. The number of carbonyl (C=O) groups excluding carboxylic acids is 1. The van der Waals surface area contributed by atoms with Crippen molar-refractivity contribution in [2.45, 2.75) is 33.6 Å². The molecule has 0 saturated carbocycles. The number of rotatable bonds is 6. The largest absolute Gasteiger partial charge is 0.351 e. The maximum absolute atomic E-state index is 12.3. The predicted octanol–water partition coefficient (Wildman–Crippen LogP) is 4.53. The van der Waals surface area contributed by atoms with Gasteiger partial charge in [0.2, 0.25) is 0 Å². The first-order valence-electron chi connectivity index (χ1n) is 6.59. The quantitative estimate of drug-likeness (QED) is 0.514. The first-order chi connectivity index (χ1) is 8.99. The number of benzene rings is 1. The lowest BCUT2D eigenvalue weighted by Crippen LogP contribution is -2.38. The normalized spacial score (nSPS) is 11.4. The molecule has 1 aromatic rings. The monoisotopic (exact) mass is 437 g/mol. The third kappa shape index (κ3) is 4.18. The van der Waals surface area contributed by atoms with Gasteiger partial charge in [0, 0.05) is 15.4 Å². The number of halogens is 2. The van der Waals surface area contributed by atoms with E-state index in [1.165, 1.54) is 0 Å². The Labute approximate surface area is 138 Å². The molecule has 0 bridgehead atoms. The molecule has 4 heteroatoms. The highest BCUT2D eigenvalue weighted by Crippen LogP contribution is 2.28. The Hall–Kier alpha value is -0.100. The van der Waals surface area contributed by atoms with Crippen molar-refractivity contribution < 1.29 is 4.79 Å². The van der Waals surface area contributed by atoms with Crippen molar-refractivity contribution in [2.24, 2.45) is 5.41 Å². The highest BCUT2D eigenvalue weighted by molar-refractivity contribution is 14.1. The average molecular weight is 438 g/mol. The second-order valence-electron chi connectivity index (χ2n) is 4.96. The summed E-state index contributed by atoms with van der Waals surface area (Å²) in [7, 11) is 0. The summed E-state index contributed by atoms with van der Waals surface area (Å²) in [6, 6.07) is 5.85. The molecule has 0 fully saturated rings. The van der Waals surface area contributed by atoms with Crippen LogP contribution in [0.5, 0.6) is 0 Å². The molecule has 0 spiro atoms. The second-order valence-corrected chi connectivity index (χ2v) is 6.60. The summed E-state index contributed by atoms with van der Waals surface area (Å²) in [5.74, 6) is 0.0281. The number of alkyl halides is 1. The van der Waals surface area contributed by atoms with E-state index in [0.717, 1.165) is 32.9 Å². The molecular formula is C15H21BrINO. The number of amides is 1. The molecule has 1 aromatic carbocycles. The summed E-state index contributed by atoms with van der Waals surface area (Å²) in [6.07, 6.45) is 2.11. The van der Waals surface area contributed by atoms with Crippen molar-refractivity contribution in [2.75, 3.05) is 11.9 Å². The van der Waals surface area contributed by atoms with Crippen LogP contribution in [0.1, 0.15) is 42.6 Å². The smallest absolute Gasteiger partial charge is 0.252 e. The molecule has 2 nitrogen and oxygen atoms in total. The van der Waals surface area contributed by atoms with Crippen molar-refractivity contribution in [3.63, 3.8) is 0 Å². The van der Waals surface area contributed by atoms with Crippen molar-refractivity contribution in [3.8, 4) is 0 Å². The van der Waals surface area contributed by atoms with Crippen LogP contribution in [-0.2, 0) is 0 Å². The van der Waals surface area contributed by atoms with Gasteiger partial charge in [-0.05, 0) is 59.4 Å². The Morgan fingerprint density at radius 1 is 1.37 bits per heavy atom. The number of nitrogens with one attached hydrogen (secondary N) is 1. The van der Waals surface area contributed by atoms with E-state index >= 15 is 0 Å². The summed E-state index contributed by atoms with van der Waals surface area (Å²) in [5, 5.41) is 4.00. The molecule has 19 heavy (non-hydrogen) atoms. The Bertz CT molecular complexity index is 436. The van der Waals surface area contributed by atoms with E-state index in [4.69, 9.17) is 0 Å². The summed E-state index contributed by atoms with van der Waals surface area (Å²) in [6.45, 7) is 7.09. The number of carbonyl (C=O) groups is 1. The highest BCUT2D eigenvalue weighted by atomic mass is 127. The van der Waals surface area contributed by atoms with Crippen LogP contribution in [0.3, 0.4) is 0 Å². The van der Waals surface area contributed by atoms with Gasteiger partial charge in [-0.2, -0.15) is 0 Å². The zero-order chi connectivity index (χ0) is 14.5. The molecule has 106 valence electrons. The van der Waals surface area contributed by atoms with Gasteiger partial charge in [0.15, 0.2) is 0 Å². The van der Waals surface area contributed by atoms with Gasteiger partial charge in [0.1, 0.15) is 0 Å². The minimum Gasteiger partial charge on any atom is -0.351 e. The van der Waals surface area contributed by atoms with E-state index < -0.39 is 0 Å². The molecule has 0 aliphatic carbocycles. The number of aryl methyl sites for hydroxylation is 1. The summed E-state index contributed by atoms with van der Waals surface area (Å²) in [4.78, 5) is 12.3. The van der Waals surface area contributed by atoms with Crippen LogP contribution in [0.2, 0.25) is 0 Å². The molecule has 0 atom stereocenters. The van der Waals surface area contributed by atoms with E-state index in [9.17, 15) is 4.79 Å². The number of hydrogen-bond acceptors (Lipinski definition) is 1. The van der Waals surface area contributed by atoms with Gasteiger partial charge < -0.3 is 5.32 Å². The standard InChI is InChI=1S/C15H21BrINO/c1-4-15(5-2,9-16)10-18-14(19)12-8-6-7-11(3)13(12)17/h6-8H,4-5,9-10H2,1-3H3,(H,18,19). The van der Waals surface area contributed by atoms with Gasteiger partial charge >= 0.3 is 0 Å². The van der Waals surface area contributed by atoms with Crippen molar-refractivity contribution >= 4 is 44.4 Å². The molecule has 1 rings (SSSR count). The van der Waals surface area contributed by atoms with Crippen LogP contribution in [0.4, 0.5) is 0 Å². The third-order valence-electron chi connectivity index (χ3n) is 3.84. The lowest BCUT2D eigenvalue weighted by atomic mass is 9.84. The van der Waals surface area contributed by atoms with E-state index in [1.807, 2.05) is 25.1 Å². The SMILES string of the molecule is CCC(CC)(CBr)CNC(=O)c1cccc(C)c1I. The van der Waals surface area contributed by atoms with Crippen LogP contribution in [-0.4, -0.2) is 17.8 Å². The zero-order valence-electron chi connectivity index (χ0n) is 11.7. The summed E-state index contributed by atoms with van der Waals surface area (Å²) < 4.78 is 1.04. The summed E-state index contributed by atoms with van der Waals surface area (Å²) in [5.41, 5.74) is 2.08. The fraction of sp³-hybridized carbons (Fsp3) is 0.533. The van der Waals surface area contributed by atoms with E-state index in [1.54, 1.807) is 0 Å². The van der Waals surface area contributed by atoms with Gasteiger partial charge in [0.25, 0.3) is 5.91 Å². The molecule has 1 N–H and O–H groups in total. The van der Waals surface area contributed by atoms with Gasteiger partial charge in [-0.25, -0.2) is 0 Å². The zero-order valence-corrected chi connectivity index (χ0v) is 15.5. The van der Waals surface area contributed by atoms with Crippen molar-refractivity contribution in [1.82, 2.24) is 5.32 Å². The predicted molar refractivity (Wildman–Crippen MR) is 93.0 cm³/mol. The maximum atomic E-state index is 12.3. The topological polar surface area (TPSA) is 29.1 Å². The maximum Gasteiger partial charge on any atom is 0.252 e. The minimum atomic E-state index is 0.0281. The van der Waals surface area contributed by atoms with Crippen LogP contribution < -0.4 is 5.32 Å². The molecule has 0 aromatic heterocycles. The van der Waals surface area contributed by atoms with E-state index in [-0.39, 0.29) is 11.3 Å². The van der Waals surface area contributed by atoms with E-state index in [0.29, 0.717) is 6.54 Å². The fourth-order valence-corrected chi connectivity index (χ4v) is 3.52. The van der Waals surface area contributed by atoms with Gasteiger partial charge in [-0.3, -0.25) is 4.79 Å². The van der Waals surface area contributed by atoms with Gasteiger partial charge in [-0.1, -0.05) is 41.9 Å². The van der Waals surface area contributed by atoms with Crippen LogP contribution in [0.25, 0.3) is 0 Å². The van der Waals surface area contributed by atoms with Crippen LogP contribution in [0.15, 0.2) is 18.2 Å². The second kappa shape index (κ2) is 7.62. The van der Waals surface area contributed by atoms with E-state index in [2.05, 4.69) is 57.7 Å². The number of hydrogen-bond donors (Lipinski definition) is 1. The Kier molecular flexibility index (Phi) is 6.80. The molecule has 0 aliphatic heterocycles. The lowest BCUT2D eigenvalue weighted by Gasteiger charge is -2.29. The van der Waals surface area contributed by atoms with Crippen molar-refractivity contribution in [3.05, 3.63) is 32.9 Å². The first-order valence-corrected chi connectivity index (χ1v) is 8.79. The summed E-state index contributed by atoms with van der Waals surface area (Å²) >= 11 is 5.81. The minimum absolute atomic E-state index is 0.0281. The first kappa shape index (κ1) is 17.0. The molecule has 0 unspecified atom stereocenters. The Balaban J connectivity index is 2.78. The average Bonchev–Trinajstić information content (AvgIpc) is 2.44. The van der Waals surface area contributed by atoms with Crippen molar-refractivity contribution in [1.29, 1.82) is 0 Å². The lowest BCUT2D eigenvalue weighted by molar-refractivity contribution is 0.0931.